The lowest BCUT2D eigenvalue weighted by atomic mass is 9.62. The molecule has 3 heterocycles. The van der Waals surface area contributed by atoms with Crippen molar-refractivity contribution < 1.29 is 31.1 Å². The number of halogens is 1. The second-order valence-corrected chi connectivity index (χ2v) is 19.7. The van der Waals surface area contributed by atoms with Crippen molar-refractivity contribution in [3.05, 3.63) is 58.1 Å². The molecule has 1 saturated carbocycles. The molecule has 3 aliphatic heterocycles. The standard InChI is InChI=1S/C36H48ClN3O7S2/c1-24-6-4-15-36(22-40(16-17-47-36)48(3,42)43)31-11-8-28(31)20-39-21-35(14-5-7-26-18-29(37)10-12-30(26)35)23-46-33-13-9-27(19-32(33)39)34(41)38-49(44,45)25(24)2/h9-10,12-13,18-19,24-25,28,31H,4-8,11,14-17,20-23H2,1-3H3,(H,38,41)/t24-,25+,28-,31+,35-,36-/m0/s1. The average Bonchev–Trinajstić information content (AvgIpc) is 3.18. The maximum absolute atomic E-state index is 13.5. The molecular weight excluding hydrogens is 686 g/mol. The molecule has 2 spiro atoms. The Hall–Kier alpha value is -2.38. The Bertz CT molecular complexity index is 1840. The van der Waals surface area contributed by atoms with Gasteiger partial charge < -0.3 is 14.4 Å². The number of amides is 1. The maximum Gasteiger partial charge on any atom is 0.264 e. The molecule has 2 bridgehead atoms. The van der Waals surface area contributed by atoms with Crippen LogP contribution in [0.3, 0.4) is 0 Å². The number of aryl methyl sites for hydroxylation is 1. The van der Waals surface area contributed by atoms with Crippen LogP contribution >= 0.6 is 11.6 Å². The maximum atomic E-state index is 13.5. The van der Waals surface area contributed by atoms with E-state index in [0.29, 0.717) is 69.4 Å². The molecule has 2 aliphatic carbocycles. The van der Waals surface area contributed by atoms with E-state index in [1.165, 1.54) is 17.4 Å². The van der Waals surface area contributed by atoms with Gasteiger partial charge in [0.2, 0.25) is 20.0 Å². The lowest BCUT2D eigenvalue weighted by Gasteiger charge is -2.54. The summed E-state index contributed by atoms with van der Waals surface area (Å²) in [5.74, 6) is 0.111. The number of carbonyl (C=O) groups excluding carboxylic acids is 1. The number of sulfonamides is 2. The predicted octanol–water partition coefficient (Wildman–Crippen LogP) is 5.14. The lowest BCUT2D eigenvalue weighted by molar-refractivity contribution is -0.165. The first kappa shape index (κ1) is 35.0. The Morgan fingerprint density at radius 2 is 1.84 bits per heavy atom. The number of nitrogens with one attached hydrogen (secondary N) is 1. The Balaban J connectivity index is 1.32. The van der Waals surface area contributed by atoms with Crippen molar-refractivity contribution in [2.75, 3.05) is 50.5 Å². The van der Waals surface area contributed by atoms with Gasteiger partial charge in [-0.25, -0.2) is 21.6 Å². The molecule has 5 aliphatic rings. The van der Waals surface area contributed by atoms with Gasteiger partial charge in [0.1, 0.15) is 5.75 Å². The number of hydrogen-bond donors (Lipinski definition) is 1. The molecule has 268 valence electrons. The van der Waals surface area contributed by atoms with E-state index in [1.807, 2.05) is 13.0 Å². The topological polar surface area (TPSA) is 122 Å². The predicted molar refractivity (Wildman–Crippen MR) is 190 cm³/mol. The summed E-state index contributed by atoms with van der Waals surface area (Å²) in [6, 6.07) is 11.4. The number of carbonyl (C=O) groups is 1. The molecular formula is C36H48ClN3O7S2. The smallest absolute Gasteiger partial charge is 0.264 e. The van der Waals surface area contributed by atoms with Crippen LogP contribution in [-0.2, 0) is 36.6 Å². The first-order valence-electron chi connectivity index (χ1n) is 17.7. The highest BCUT2D eigenvalue weighted by molar-refractivity contribution is 7.90. The molecule has 13 heteroatoms. The molecule has 1 saturated heterocycles. The van der Waals surface area contributed by atoms with Crippen LogP contribution in [0.15, 0.2) is 36.4 Å². The van der Waals surface area contributed by atoms with Crippen LogP contribution < -0.4 is 14.4 Å². The largest absolute Gasteiger partial charge is 0.490 e. The van der Waals surface area contributed by atoms with Gasteiger partial charge in [0.25, 0.3) is 5.91 Å². The van der Waals surface area contributed by atoms with Crippen LogP contribution in [0.2, 0.25) is 5.02 Å². The number of benzene rings is 2. The summed E-state index contributed by atoms with van der Waals surface area (Å²) in [4.78, 5) is 15.9. The first-order chi connectivity index (χ1) is 23.2. The van der Waals surface area contributed by atoms with E-state index in [2.05, 4.69) is 21.8 Å². The molecule has 49 heavy (non-hydrogen) atoms. The number of fused-ring (bicyclic) bond motifs is 5. The molecule has 7 rings (SSSR count). The highest BCUT2D eigenvalue weighted by Gasteiger charge is 2.53. The highest BCUT2D eigenvalue weighted by atomic mass is 35.5. The number of nitrogens with zero attached hydrogens (tertiary/aromatic N) is 2. The van der Waals surface area contributed by atoms with Gasteiger partial charge in [0, 0.05) is 42.2 Å². The van der Waals surface area contributed by atoms with E-state index in [1.54, 1.807) is 29.4 Å². The minimum atomic E-state index is -3.98. The van der Waals surface area contributed by atoms with Gasteiger partial charge in [0.05, 0.1) is 36.0 Å². The van der Waals surface area contributed by atoms with Gasteiger partial charge >= 0.3 is 0 Å². The van der Waals surface area contributed by atoms with E-state index >= 15 is 0 Å². The minimum absolute atomic E-state index is 0.119. The average molecular weight is 734 g/mol. The molecule has 0 aromatic heterocycles. The summed E-state index contributed by atoms with van der Waals surface area (Å²) in [7, 11) is -7.41. The fraction of sp³-hybridized carbons (Fsp3) is 0.639. The number of ether oxygens (including phenoxy) is 2. The zero-order valence-electron chi connectivity index (χ0n) is 28.6. The summed E-state index contributed by atoms with van der Waals surface area (Å²) in [6.07, 6.45) is 7.95. The normalized spacial score (nSPS) is 33.8. The van der Waals surface area contributed by atoms with E-state index in [0.717, 1.165) is 37.8 Å². The summed E-state index contributed by atoms with van der Waals surface area (Å²) in [5.41, 5.74) is 2.50. The van der Waals surface area contributed by atoms with Crippen molar-refractivity contribution in [1.29, 1.82) is 0 Å². The zero-order chi connectivity index (χ0) is 34.8. The fourth-order valence-corrected chi connectivity index (χ4v) is 11.5. The summed E-state index contributed by atoms with van der Waals surface area (Å²) >= 11 is 6.45. The van der Waals surface area contributed by atoms with Crippen molar-refractivity contribution in [1.82, 2.24) is 9.03 Å². The number of hydrogen-bond acceptors (Lipinski definition) is 8. The van der Waals surface area contributed by atoms with Crippen LogP contribution in [0.5, 0.6) is 5.75 Å². The summed E-state index contributed by atoms with van der Waals surface area (Å²) in [5, 5.41) is -0.0943. The van der Waals surface area contributed by atoms with Crippen molar-refractivity contribution in [2.24, 2.45) is 17.8 Å². The Kier molecular flexibility index (Phi) is 9.29. The molecule has 2 fully saturated rings. The highest BCUT2D eigenvalue weighted by Crippen LogP contribution is 2.51. The molecule has 0 unspecified atom stereocenters. The number of morpholine rings is 1. The van der Waals surface area contributed by atoms with Crippen LogP contribution in [0.4, 0.5) is 5.69 Å². The third-order valence-electron chi connectivity index (χ3n) is 12.3. The molecule has 1 amide bonds. The Morgan fingerprint density at radius 3 is 2.59 bits per heavy atom. The third-order valence-corrected chi connectivity index (χ3v) is 15.7. The third kappa shape index (κ3) is 6.61. The molecule has 10 nitrogen and oxygen atoms in total. The summed E-state index contributed by atoms with van der Waals surface area (Å²) < 4.78 is 69.9. The second-order valence-electron chi connectivity index (χ2n) is 15.3. The van der Waals surface area contributed by atoms with Gasteiger partial charge in [-0.05, 0) is 111 Å². The fourth-order valence-electron chi connectivity index (χ4n) is 9.18. The molecule has 0 radical (unpaired) electrons. The minimum Gasteiger partial charge on any atom is -0.490 e. The van der Waals surface area contributed by atoms with E-state index in [-0.39, 0.29) is 28.7 Å². The van der Waals surface area contributed by atoms with Gasteiger partial charge in [-0.2, -0.15) is 4.31 Å². The van der Waals surface area contributed by atoms with Crippen molar-refractivity contribution in [3.8, 4) is 5.75 Å². The zero-order valence-corrected chi connectivity index (χ0v) is 31.0. The monoisotopic (exact) mass is 733 g/mol. The van der Waals surface area contributed by atoms with Gasteiger partial charge in [-0.1, -0.05) is 31.0 Å². The van der Waals surface area contributed by atoms with E-state index in [9.17, 15) is 21.6 Å². The van der Waals surface area contributed by atoms with Crippen molar-refractivity contribution in [2.45, 2.75) is 81.5 Å². The lowest BCUT2D eigenvalue weighted by Crippen LogP contribution is -2.62. The van der Waals surface area contributed by atoms with Crippen LogP contribution in [-0.4, -0.2) is 83.5 Å². The second kappa shape index (κ2) is 13.0. The summed E-state index contributed by atoms with van der Waals surface area (Å²) in [6.45, 7) is 6.28. The SMILES string of the molecule is C[C@@H]1[C@@H](C)CCC[C@]2(CN(S(C)(=O)=O)CCO2)[C@@H]2CC[C@H]2CN2C[C@@]3(CCCc4cc(Cl)ccc43)COc3ccc(cc32)C(=O)NS1(=O)=O. The molecule has 1 N–H and O–H groups in total. The van der Waals surface area contributed by atoms with E-state index in [4.69, 9.17) is 21.1 Å². The van der Waals surface area contributed by atoms with Crippen molar-refractivity contribution in [3.63, 3.8) is 0 Å². The molecule has 2 aromatic carbocycles. The van der Waals surface area contributed by atoms with Gasteiger partial charge in [0.15, 0.2) is 0 Å². The van der Waals surface area contributed by atoms with Crippen LogP contribution in [0.1, 0.15) is 80.3 Å². The quantitative estimate of drug-likeness (QED) is 0.428. The van der Waals surface area contributed by atoms with Crippen LogP contribution in [0, 0.1) is 17.8 Å². The van der Waals surface area contributed by atoms with E-state index < -0.39 is 36.8 Å². The molecule has 6 atom stereocenters. The number of anilines is 1. The van der Waals surface area contributed by atoms with Crippen LogP contribution in [0.25, 0.3) is 0 Å². The Labute approximate surface area is 296 Å². The van der Waals surface area contributed by atoms with Gasteiger partial charge in [-0.3, -0.25) is 4.79 Å². The van der Waals surface area contributed by atoms with Crippen molar-refractivity contribution >= 4 is 43.2 Å². The Morgan fingerprint density at radius 1 is 1.02 bits per heavy atom. The molecule has 2 aromatic rings. The number of rotatable bonds is 1. The first-order valence-corrected chi connectivity index (χ1v) is 21.4. The van der Waals surface area contributed by atoms with Gasteiger partial charge in [-0.15, -0.1) is 0 Å².